The van der Waals surface area contributed by atoms with E-state index in [4.69, 9.17) is 4.74 Å². The molecule has 0 bridgehead atoms. The fraction of sp³-hybridized carbons (Fsp3) is 0.471. The first kappa shape index (κ1) is 17.1. The highest BCUT2D eigenvalue weighted by Gasteiger charge is 2.26. The van der Waals surface area contributed by atoms with E-state index in [2.05, 4.69) is 10.3 Å². The maximum atomic E-state index is 12.1. The summed E-state index contributed by atoms with van der Waals surface area (Å²) in [7, 11) is 0. The molecule has 0 amide bonds. The smallest absolute Gasteiger partial charge is 0.338 e. The number of esters is 1. The normalized spacial score (nSPS) is 11.8. The van der Waals surface area contributed by atoms with Gasteiger partial charge in [0, 0.05) is 5.41 Å². The highest BCUT2D eigenvalue weighted by molar-refractivity contribution is 5.90. The number of carbonyl (C=O) groups is 1. The van der Waals surface area contributed by atoms with Crippen LogP contribution in [-0.2, 0) is 16.8 Å². The Bertz CT molecular complexity index is 699. The number of nitrogens with zero attached hydrogens (tertiary/aromatic N) is 3. The molecule has 2 rings (SSSR count). The minimum Gasteiger partial charge on any atom is -0.459 e. The monoisotopic (exact) mass is 317 g/mol. The van der Waals surface area contributed by atoms with Gasteiger partial charge in [0.1, 0.15) is 5.69 Å². The van der Waals surface area contributed by atoms with Crippen molar-refractivity contribution in [2.45, 2.75) is 52.7 Å². The van der Waals surface area contributed by atoms with Gasteiger partial charge in [-0.2, -0.15) is 0 Å². The van der Waals surface area contributed by atoms with E-state index in [0.29, 0.717) is 16.9 Å². The number of carbonyl (C=O) groups excluding carboxylic acids is 1. The van der Waals surface area contributed by atoms with Crippen molar-refractivity contribution < 1.29 is 14.6 Å². The van der Waals surface area contributed by atoms with Gasteiger partial charge in [0.15, 0.2) is 0 Å². The fourth-order valence-electron chi connectivity index (χ4n) is 2.40. The molecule has 0 unspecified atom stereocenters. The summed E-state index contributed by atoms with van der Waals surface area (Å²) in [6, 6.07) is 7.04. The standard InChI is InChI=1S/C17H23N3O3/c1-11(2)23-16(22)12-7-6-8-13(9-12)20-15(17(3,4)5)14(10-21)18-19-20/h6-9,11,21H,10H2,1-5H3. The molecule has 1 aromatic heterocycles. The van der Waals surface area contributed by atoms with Crippen molar-refractivity contribution in [2.24, 2.45) is 0 Å². The average molecular weight is 317 g/mol. The molecule has 124 valence electrons. The van der Waals surface area contributed by atoms with Gasteiger partial charge in [-0.25, -0.2) is 9.48 Å². The van der Waals surface area contributed by atoms with E-state index in [1.54, 1.807) is 22.9 Å². The molecule has 1 N–H and O–H groups in total. The number of benzene rings is 1. The second kappa shape index (κ2) is 6.50. The van der Waals surface area contributed by atoms with Crippen LogP contribution in [-0.4, -0.2) is 32.2 Å². The van der Waals surface area contributed by atoms with Crippen LogP contribution < -0.4 is 0 Å². The number of aromatic nitrogens is 3. The molecule has 0 saturated heterocycles. The Kier molecular flexibility index (Phi) is 4.85. The van der Waals surface area contributed by atoms with Crippen LogP contribution in [0.5, 0.6) is 0 Å². The number of hydrogen-bond donors (Lipinski definition) is 1. The second-order valence-corrected chi connectivity index (χ2v) is 6.71. The van der Waals surface area contributed by atoms with Crippen LogP contribution in [0.3, 0.4) is 0 Å². The van der Waals surface area contributed by atoms with Gasteiger partial charge in [-0.05, 0) is 32.0 Å². The minimum atomic E-state index is -0.373. The molecule has 0 aliphatic carbocycles. The molecule has 6 heteroatoms. The zero-order valence-corrected chi connectivity index (χ0v) is 14.2. The van der Waals surface area contributed by atoms with Crippen molar-refractivity contribution in [3.63, 3.8) is 0 Å². The Morgan fingerprint density at radius 2 is 2.04 bits per heavy atom. The first-order valence-electron chi connectivity index (χ1n) is 7.61. The summed E-state index contributed by atoms with van der Waals surface area (Å²) in [5, 5.41) is 17.7. The summed E-state index contributed by atoms with van der Waals surface area (Å²) in [6.07, 6.45) is -0.177. The maximum absolute atomic E-state index is 12.1. The van der Waals surface area contributed by atoms with Crippen molar-refractivity contribution in [1.29, 1.82) is 0 Å². The lowest BCUT2D eigenvalue weighted by atomic mass is 9.90. The molecule has 23 heavy (non-hydrogen) atoms. The van der Waals surface area contributed by atoms with Crippen molar-refractivity contribution in [1.82, 2.24) is 15.0 Å². The molecule has 0 atom stereocenters. The third kappa shape index (κ3) is 3.76. The molecule has 0 fully saturated rings. The zero-order chi connectivity index (χ0) is 17.2. The average Bonchev–Trinajstić information content (AvgIpc) is 2.90. The predicted molar refractivity (Wildman–Crippen MR) is 86.5 cm³/mol. The highest BCUT2D eigenvalue weighted by Crippen LogP contribution is 2.27. The molecule has 0 saturated carbocycles. The first-order valence-corrected chi connectivity index (χ1v) is 7.61. The van der Waals surface area contributed by atoms with Crippen molar-refractivity contribution in [2.75, 3.05) is 0 Å². The Morgan fingerprint density at radius 1 is 1.35 bits per heavy atom. The van der Waals surface area contributed by atoms with E-state index in [9.17, 15) is 9.90 Å². The molecule has 6 nitrogen and oxygen atoms in total. The van der Waals surface area contributed by atoms with Crippen molar-refractivity contribution in [3.05, 3.63) is 41.2 Å². The zero-order valence-electron chi connectivity index (χ0n) is 14.2. The van der Waals surface area contributed by atoms with Gasteiger partial charge >= 0.3 is 5.97 Å². The van der Waals surface area contributed by atoms with Crippen LogP contribution in [0.4, 0.5) is 0 Å². The van der Waals surface area contributed by atoms with E-state index >= 15 is 0 Å². The Morgan fingerprint density at radius 3 is 2.61 bits per heavy atom. The van der Waals surface area contributed by atoms with Gasteiger partial charge < -0.3 is 9.84 Å². The topological polar surface area (TPSA) is 77.2 Å². The number of rotatable bonds is 4. The SMILES string of the molecule is CC(C)OC(=O)c1cccc(-n2nnc(CO)c2C(C)(C)C)c1. The minimum absolute atomic E-state index is 0.177. The molecule has 2 aromatic rings. The van der Waals surface area contributed by atoms with Crippen LogP contribution in [0.1, 0.15) is 56.4 Å². The molecule has 0 spiro atoms. The summed E-state index contributed by atoms with van der Waals surface area (Å²) in [6.45, 7) is 9.52. The third-order valence-electron chi connectivity index (χ3n) is 3.27. The van der Waals surface area contributed by atoms with Gasteiger partial charge in [0.2, 0.25) is 0 Å². The summed E-state index contributed by atoms with van der Waals surface area (Å²) >= 11 is 0. The lowest BCUT2D eigenvalue weighted by Gasteiger charge is -2.21. The Hall–Kier alpha value is -2.21. The molecular weight excluding hydrogens is 294 g/mol. The summed E-state index contributed by atoms with van der Waals surface area (Å²) in [5.41, 5.74) is 2.26. The van der Waals surface area contributed by atoms with Crippen LogP contribution >= 0.6 is 0 Å². The fourth-order valence-corrected chi connectivity index (χ4v) is 2.40. The van der Waals surface area contributed by atoms with Gasteiger partial charge in [-0.15, -0.1) is 5.10 Å². The van der Waals surface area contributed by atoms with Crippen molar-refractivity contribution >= 4 is 5.97 Å². The number of aliphatic hydroxyl groups excluding tert-OH is 1. The van der Waals surface area contributed by atoms with Gasteiger partial charge in [0.05, 0.1) is 29.7 Å². The van der Waals surface area contributed by atoms with Crippen LogP contribution in [0.25, 0.3) is 5.69 Å². The molecule has 1 heterocycles. The number of hydrogen-bond acceptors (Lipinski definition) is 5. The molecule has 1 aromatic carbocycles. The second-order valence-electron chi connectivity index (χ2n) is 6.71. The molecule has 0 aliphatic heterocycles. The van der Waals surface area contributed by atoms with E-state index in [1.165, 1.54) is 0 Å². The van der Waals surface area contributed by atoms with E-state index in [0.717, 1.165) is 5.69 Å². The van der Waals surface area contributed by atoms with Gasteiger partial charge in [-0.1, -0.05) is 32.1 Å². The van der Waals surface area contributed by atoms with E-state index in [-0.39, 0.29) is 24.1 Å². The van der Waals surface area contributed by atoms with Crippen LogP contribution in [0.15, 0.2) is 24.3 Å². The lowest BCUT2D eigenvalue weighted by Crippen LogP contribution is -2.20. The summed E-state index contributed by atoms with van der Waals surface area (Å²) in [5.74, 6) is -0.373. The van der Waals surface area contributed by atoms with Crippen LogP contribution in [0, 0.1) is 0 Å². The van der Waals surface area contributed by atoms with Gasteiger partial charge in [0.25, 0.3) is 0 Å². The summed E-state index contributed by atoms with van der Waals surface area (Å²) in [4.78, 5) is 12.1. The quantitative estimate of drug-likeness (QED) is 0.877. The predicted octanol–water partition coefficient (Wildman–Crippen LogP) is 2.62. The third-order valence-corrected chi connectivity index (χ3v) is 3.27. The maximum Gasteiger partial charge on any atom is 0.338 e. The summed E-state index contributed by atoms with van der Waals surface area (Å²) < 4.78 is 6.89. The Labute approximate surface area is 136 Å². The van der Waals surface area contributed by atoms with E-state index < -0.39 is 0 Å². The Balaban J connectivity index is 2.48. The number of ether oxygens (including phenoxy) is 1. The first-order chi connectivity index (χ1) is 10.7. The molecule has 0 aliphatic rings. The molecular formula is C17H23N3O3. The van der Waals surface area contributed by atoms with Gasteiger partial charge in [-0.3, -0.25) is 0 Å². The largest absolute Gasteiger partial charge is 0.459 e. The number of aliphatic hydroxyl groups is 1. The van der Waals surface area contributed by atoms with E-state index in [1.807, 2.05) is 40.7 Å². The van der Waals surface area contributed by atoms with Crippen molar-refractivity contribution in [3.8, 4) is 5.69 Å². The molecule has 0 radical (unpaired) electrons. The van der Waals surface area contributed by atoms with Crippen LogP contribution in [0.2, 0.25) is 0 Å². The highest BCUT2D eigenvalue weighted by atomic mass is 16.5. The lowest BCUT2D eigenvalue weighted by molar-refractivity contribution is 0.0378.